The molecule has 2 heterocycles. The fourth-order valence-corrected chi connectivity index (χ4v) is 4.00. The highest BCUT2D eigenvalue weighted by Crippen LogP contribution is 2.28. The first-order chi connectivity index (χ1) is 14.0. The Morgan fingerprint density at radius 1 is 1.24 bits per heavy atom. The van der Waals surface area contributed by atoms with Gasteiger partial charge in [-0.1, -0.05) is 35.2 Å². The molecule has 0 bridgehead atoms. The second kappa shape index (κ2) is 9.70. The summed E-state index contributed by atoms with van der Waals surface area (Å²) in [5.41, 5.74) is 0. The maximum atomic E-state index is 12.4. The van der Waals surface area contributed by atoms with Crippen LogP contribution in [0.25, 0.3) is 0 Å². The smallest absolute Gasteiger partial charge is 0.239 e. The van der Waals surface area contributed by atoms with Gasteiger partial charge >= 0.3 is 0 Å². The SMILES string of the molecule is CCn1c(COc2ccccc2OC)nnc1SC(C)C(=O)Nc1nnc(C)s1. The predicted molar refractivity (Wildman–Crippen MR) is 112 cm³/mol. The van der Waals surface area contributed by atoms with Gasteiger partial charge < -0.3 is 14.0 Å². The Morgan fingerprint density at radius 3 is 2.66 bits per heavy atom. The lowest BCUT2D eigenvalue weighted by molar-refractivity contribution is -0.115. The van der Waals surface area contributed by atoms with Crippen molar-refractivity contribution in [3.05, 3.63) is 35.1 Å². The van der Waals surface area contributed by atoms with E-state index in [2.05, 4.69) is 25.7 Å². The normalized spacial score (nSPS) is 11.9. The number of ether oxygens (including phenoxy) is 2. The highest BCUT2D eigenvalue weighted by Gasteiger charge is 2.21. The fraction of sp³-hybridized carbons (Fsp3) is 0.389. The highest BCUT2D eigenvalue weighted by atomic mass is 32.2. The number of nitrogens with one attached hydrogen (secondary N) is 1. The van der Waals surface area contributed by atoms with Gasteiger partial charge in [0.05, 0.1) is 12.4 Å². The maximum Gasteiger partial charge on any atom is 0.239 e. The number of carbonyl (C=O) groups is 1. The zero-order valence-electron chi connectivity index (χ0n) is 16.6. The number of benzene rings is 1. The molecule has 1 unspecified atom stereocenters. The number of carbonyl (C=O) groups excluding carboxylic acids is 1. The average molecular weight is 435 g/mol. The third kappa shape index (κ3) is 5.24. The monoisotopic (exact) mass is 434 g/mol. The Hall–Kier alpha value is -2.66. The molecule has 29 heavy (non-hydrogen) atoms. The second-order valence-electron chi connectivity index (χ2n) is 5.96. The minimum Gasteiger partial charge on any atom is -0.493 e. The number of methoxy groups -OCH3 is 1. The summed E-state index contributed by atoms with van der Waals surface area (Å²) >= 11 is 2.67. The molecule has 1 N–H and O–H groups in total. The minimum absolute atomic E-state index is 0.163. The van der Waals surface area contributed by atoms with E-state index < -0.39 is 0 Å². The van der Waals surface area contributed by atoms with Crippen molar-refractivity contribution in [1.82, 2.24) is 25.0 Å². The van der Waals surface area contributed by atoms with Crippen molar-refractivity contribution in [2.75, 3.05) is 12.4 Å². The van der Waals surface area contributed by atoms with E-state index in [1.165, 1.54) is 23.1 Å². The number of aryl methyl sites for hydroxylation is 1. The van der Waals surface area contributed by atoms with E-state index in [-0.39, 0.29) is 17.8 Å². The number of amides is 1. The van der Waals surface area contributed by atoms with Crippen molar-refractivity contribution in [2.45, 2.75) is 44.3 Å². The van der Waals surface area contributed by atoms with Crippen LogP contribution in [-0.4, -0.2) is 43.2 Å². The van der Waals surface area contributed by atoms with Crippen molar-refractivity contribution in [3.8, 4) is 11.5 Å². The lowest BCUT2D eigenvalue weighted by Gasteiger charge is -2.12. The quantitative estimate of drug-likeness (QED) is 0.512. The Labute approximate surface area is 176 Å². The molecule has 1 atom stereocenters. The first-order valence-corrected chi connectivity index (χ1v) is 10.7. The van der Waals surface area contributed by atoms with Gasteiger partial charge in [-0.25, -0.2) is 0 Å². The van der Waals surface area contributed by atoms with Crippen LogP contribution in [0.5, 0.6) is 11.5 Å². The molecule has 0 spiro atoms. The number of thioether (sulfide) groups is 1. The van der Waals surface area contributed by atoms with Gasteiger partial charge in [-0.2, -0.15) is 0 Å². The molecule has 1 aromatic carbocycles. The largest absolute Gasteiger partial charge is 0.493 e. The maximum absolute atomic E-state index is 12.4. The summed E-state index contributed by atoms with van der Waals surface area (Å²) in [6.07, 6.45) is 0. The summed E-state index contributed by atoms with van der Waals surface area (Å²) in [7, 11) is 1.60. The van der Waals surface area contributed by atoms with Crippen LogP contribution in [-0.2, 0) is 17.9 Å². The van der Waals surface area contributed by atoms with E-state index in [9.17, 15) is 4.79 Å². The van der Waals surface area contributed by atoms with Gasteiger partial charge in [0.2, 0.25) is 11.0 Å². The molecule has 11 heteroatoms. The molecule has 0 radical (unpaired) electrons. The van der Waals surface area contributed by atoms with Gasteiger partial charge in [0.15, 0.2) is 22.5 Å². The number of nitrogens with zero attached hydrogens (tertiary/aromatic N) is 5. The Balaban J connectivity index is 1.64. The van der Waals surface area contributed by atoms with Crippen LogP contribution in [0.3, 0.4) is 0 Å². The molecule has 0 aliphatic carbocycles. The van der Waals surface area contributed by atoms with Crippen molar-refractivity contribution < 1.29 is 14.3 Å². The Morgan fingerprint density at radius 2 is 2.00 bits per heavy atom. The molecule has 1 amide bonds. The highest BCUT2D eigenvalue weighted by molar-refractivity contribution is 8.00. The van der Waals surface area contributed by atoms with Gasteiger partial charge in [0, 0.05) is 6.54 Å². The van der Waals surface area contributed by atoms with Crippen molar-refractivity contribution in [1.29, 1.82) is 0 Å². The minimum atomic E-state index is -0.378. The number of hydrogen-bond donors (Lipinski definition) is 1. The van der Waals surface area contributed by atoms with Crippen LogP contribution in [0.2, 0.25) is 0 Å². The van der Waals surface area contributed by atoms with E-state index in [1.54, 1.807) is 7.11 Å². The van der Waals surface area contributed by atoms with E-state index in [4.69, 9.17) is 9.47 Å². The van der Waals surface area contributed by atoms with Gasteiger partial charge in [-0.05, 0) is 32.9 Å². The van der Waals surface area contributed by atoms with Crippen LogP contribution < -0.4 is 14.8 Å². The summed E-state index contributed by atoms with van der Waals surface area (Å²) in [5, 5.41) is 20.6. The lowest BCUT2D eigenvalue weighted by Crippen LogP contribution is -2.23. The van der Waals surface area contributed by atoms with Gasteiger partial charge in [-0.15, -0.1) is 20.4 Å². The number of rotatable bonds is 9. The number of hydrogen-bond acceptors (Lipinski definition) is 9. The van der Waals surface area contributed by atoms with E-state index >= 15 is 0 Å². The number of anilines is 1. The molecule has 154 valence electrons. The molecule has 0 aliphatic heterocycles. The summed E-state index contributed by atoms with van der Waals surface area (Å²) in [6.45, 7) is 6.54. The van der Waals surface area contributed by atoms with Crippen LogP contribution in [0, 0.1) is 6.92 Å². The third-order valence-electron chi connectivity index (χ3n) is 3.94. The van der Waals surface area contributed by atoms with Crippen LogP contribution in [0.1, 0.15) is 24.7 Å². The first kappa shape index (κ1) is 21.1. The van der Waals surface area contributed by atoms with Gasteiger partial charge in [0.25, 0.3) is 0 Å². The predicted octanol–water partition coefficient (Wildman–Crippen LogP) is 3.16. The van der Waals surface area contributed by atoms with Crippen molar-refractivity contribution in [2.24, 2.45) is 0 Å². The molecule has 0 fully saturated rings. The van der Waals surface area contributed by atoms with Gasteiger partial charge in [-0.3, -0.25) is 10.1 Å². The average Bonchev–Trinajstić information content (AvgIpc) is 3.31. The molecular formula is C18H22N6O3S2. The summed E-state index contributed by atoms with van der Waals surface area (Å²) < 4.78 is 13.1. The van der Waals surface area contributed by atoms with Crippen LogP contribution in [0.15, 0.2) is 29.4 Å². The Kier molecular flexibility index (Phi) is 7.04. The lowest BCUT2D eigenvalue weighted by atomic mass is 10.3. The molecule has 0 saturated carbocycles. The fourth-order valence-electron chi connectivity index (χ4n) is 2.48. The summed E-state index contributed by atoms with van der Waals surface area (Å²) in [4.78, 5) is 12.4. The van der Waals surface area contributed by atoms with Crippen molar-refractivity contribution in [3.63, 3.8) is 0 Å². The molecule has 0 saturated heterocycles. The van der Waals surface area contributed by atoms with E-state index in [0.717, 1.165) is 5.01 Å². The van der Waals surface area contributed by atoms with Crippen molar-refractivity contribution >= 4 is 34.1 Å². The third-order valence-corrected chi connectivity index (χ3v) is 5.78. The molecule has 3 rings (SSSR count). The first-order valence-electron chi connectivity index (χ1n) is 8.97. The van der Waals surface area contributed by atoms with Crippen LogP contribution >= 0.6 is 23.1 Å². The van der Waals surface area contributed by atoms with E-state index in [0.29, 0.717) is 34.2 Å². The summed E-state index contributed by atoms with van der Waals surface area (Å²) in [6, 6.07) is 7.43. The number of para-hydroxylation sites is 2. The molecular weight excluding hydrogens is 412 g/mol. The van der Waals surface area contributed by atoms with Gasteiger partial charge in [0.1, 0.15) is 11.6 Å². The molecule has 0 aliphatic rings. The second-order valence-corrected chi connectivity index (χ2v) is 8.45. The Bertz CT molecular complexity index is 974. The summed E-state index contributed by atoms with van der Waals surface area (Å²) in [5.74, 6) is 1.80. The molecule has 2 aromatic heterocycles. The topological polar surface area (TPSA) is 104 Å². The zero-order valence-corrected chi connectivity index (χ0v) is 18.2. The number of aromatic nitrogens is 5. The molecule has 3 aromatic rings. The molecule has 9 nitrogen and oxygen atoms in total. The zero-order chi connectivity index (χ0) is 20.8. The van der Waals surface area contributed by atoms with E-state index in [1.807, 2.05) is 49.6 Å². The standard InChI is InChI=1S/C18H22N6O3S2/c1-5-24-15(10-27-14-9-7-6-8-13(14)26-4)21-23-18(24)28-11(2)16(25)19-17-22-20-12(3)29-17/h6-9,11H,5,10H2,1-4H3,(H,19,22,25). The van der Waals surface area contributed by atoms with Crippen LogP contribution in [0.4, 0.5) is 5.13 Å².